The normalized spacial score (nSPS) is 34.4. The van der Waals surface area contributed by atoms with Gasteiger partial charge in [-0.2, -0.15) is 0 Å². The van der Waals surface area contributed by atoms with E-state index in [0.29, 0.717) is 18.6 Å². The number of carboxylic acids is 1. The van der Waals surface area contributed by atoms with Crippen LogP contribution < -0.4 is 5.32 Å². The molecule has 0 aliphatic carbocycles. The van der Waals surface area contributed by atoms with Gasteiger partial charge in [0, 0.05) is 12.5 Å². The quantitative estimate of drug-likeness (QED) is 0.601. The highest BCUT2D eigenvalue weighted by atomic mass is 16.5. The van der Waals surface area contributed by atoms with Gasteiger partial charge >= 0.3 is 11.9 Å². The van der Waals surface area contributed by atoms with Gasteiger partial charge in [0.2, 0.25) is 0 Å². The zero-order valence-corrected chi connectivity index (χ0v) is 7.73. The maximum absolute atomic E-state index is 10.8. The second-order valence-electron chi connectivity index (χ2n) is 3.88. The van der Waals surface area contributed by atoms with Gasteiger partial charge < -0.3 is 15.2 Å². The van der Waals surface area contributed by atoms with Gasteiger partial charge in [0.15, 0.2) is 0 Å². The fraction of sp³-hybridized carbons (Fsp3) is 0.778. The largest absolute Gasteiger partial charge is 0.474 e. The number of amides is 1. The van der Waals surface area contributed by atoms with E-state index in [2.05, 4.69) is 5.32 Å². The Morgan fingerprint density at radius 3 is 2.71 bits per heavy atom. The summed E-state index contributed by atoms with van der Waals surface area (Å²) in [6, 6.07) is 0. The lowest BCUT2D eigenvalue weighted by molar-refractivity contribution is -0.150. The summed E-state index contributed by atoms with van der Waals surface area (Å²) >= 11 is 0. The molecule has 2 aliphatic heterocycles. The molecule has 5 heteroatoms. The smallest absolute Gasteiger partial charge is 0.394 e. The van der Waals surface area contributed by atoms with E-state index in [1.165, 1.54) is 0 Å². The van der Waals surface area contributed by atoms with Crippen molar-refractivity contribution in [2.24, 2.45) is 5.92 Å². The molecule has 2 N–H and O–H groups in total. The Kier molecular flexibility index (Phi) is 2.41. The van der Waals surface area contributed by atoms with Crippen LogP contribution in [-0.2, 0) is 14.3 Å². The van der Waals surface area contributed by atoms with Gasteiger partial charge in [-0.3, -0.25) is 4.79 Å². The van der Waals surface area contributed by atoms with E-state index in [1.807, 2.05) is 0 Å². The van der Waals surface area contributed by atoms with E-state index in [1.54, 1.807) is 0 Å². The summed E-state index contributed by atoms with van der Waals surface area (Å²) in [6.07, 6.45) is 3.66. The van der Waals surface area contributed by atoms with Crippen molar-refractivity contribution in [2.45, 2.75) is 31.5 Å². The van der Waals surface area contributed by atoms with Crippen LogP contribution in [-0.4, -0.2) is 35.7 Å². The lowest BCUT2D eigenvalue weighted by Crippen LogP contribution is -2.37. The fourth-order valence-corrected chi connectivity index (χ4v) is 2.26. The molecular formula is C9H13NO4. The van der Waals surface area contributed by atoms with Crippen molar-refractivity contribution < 1.29 is 19.4 Å². The van der Waals surface area contributed by atoms with Gasteiger partial charge in [-0.15, -0.1) is 0 Å². The molecule has 0 aromatic rings. The van der Waals surface area contributed by atoms with Crippen molar-refractivity contribution in [3.05, 3.63) is 0 Å². The van der Waals surface area contributed by atoms with Crippen LogP contribution in [0.2, 0.25) is 0 Å². The van der Waals surface area contributed by atoms with Crippen LogP contribution in [0.4, 0.5) is 0 Å². The van der Waals surface area contributed by atoms with Crippen LogP contribution >= 0.6 is 0 Å². The molecule has 0 aromatic carbocycles. The summed E-state index contributed by atoms with van der Waals surface area (Å²) in [4.78, 5) is 21.0. The summed E-state index contributed by atoms with van der Waals surface area (Å²) < 4.78 is 5.58. The van der Waals surface area contributed by atoms with Crippen LogP contribution in [0.25, 0.3) is 0 Å². The van der Waals surface area contributed by atoms with Gasteiger partial charge in [0.25, 0.3) is 0 Å². The third-order valence-electron chi connectivity index (χ3n) is 2.95. The highest BCUT2D eigenvalue weighted by Gasteiger charge is 2.40. The predicted octanol–water partition coefficient (Wildman–Crippen LogP) is -0.245. The number of hydrogen-bond acceptors (Lipinski definition) is 3. The molecule has 0 unspecified atom stereocenters. The summed E-state index contributed by atoms with van der Waals surface area (Å²) in [6.45, 7) is 0.423. The molecule has 78 valence electrons. The van der Waals surface area contributed by atoms with Crippen LogP contribution in [0.3, 0.4) is 0 Å². The summed E-state index contributed by atoms with van der Waals surface area (Å²) in [7, 11) is 0. The van der Waals surface area contributed by atoms with E-state index < -0.39 is 11.9 Å². The molecule has 2 heterocycles. The third kappa shape index (κ3) is 1.72. The molecule has 14 heavy (non-hydrogen) atoms. The number of carbonyl (C=O) groups excluding carboxylic acids is 1. The topological polar surface area (TPSA) is 75.6 Å². The van der Waals surface area contributed by atoms with Crippen molar-refractivity contribution in [1.29, 1.82) is 0 Å². The van der Waals surface area contributed by atoms with Gasteiger partial charge in [-0.05, 0) is 19.3 Å². The second kappa shape index (κ2) is 3.57. The number of fused-ring (bicyclic) bond motifs is 2. The first-order valence-electron chi connectivity index (χ1n) is 4.83. The summed E-state index contributed by atoms with van der Waals surface area (Å²) in [5.74, 6) is -2.04. The number of nitrogens with one attached hydrogen (secondary N) is 1. The SMILES string of the molecule is O=C(O)C(=O)NC[C@@H]1C[C@@H]2CC[C@H]1O2. The zero-order valence-electron chi connectivity index (χ0n) is 7.73. The first kappa shape index (κ1) is 9.45. The lowest BCUT2D eigenvalue weighted by Gasteiger charge is -2.17. The minimum atomic E-state index is -1.42. The van der Waals surface area contributed by atoms with E-state index >= 15 is 0 Å². The summed E-state index contributed by atoms with van der Waals surface area (Å²) in [5, 5.41) is 10.7. The molecule has 1 amide bonds. The number of carbonyl (C=O) groups is 2. The molecule has 2 bridgehead atoms. The Balaban J connectivity index is 1.77. The zero-order chi connectivity index (χ0) is 10.1. The Morgan fingerprint density at radius 2 is 2.21 bits per heavy atom. The standard InChI is InChI=1S/C9H13NO4/c11-8(9(12)13)10-4-5-3-6-1-2-7(5)14-6/h5-7H,1-4H2,(H,10,11)(H,12,13)/t5-,6-,7+/m0/s1. The van der Waals surface area contributed by atoms with E-state index in [9.17, 15) is 9.59 Å². The monoisotopic (exact) mass is 199 g/mol. The predicted molar refractivity (Wildman–Crippen MR) is 46.6 cm³/mol. The molecular weight excluding hydrogens is 186 g/mol. The van der Waals surface area contributed by atoms with E-state index in [-0.39, 0.29) is 6.10 Å². The van der Waals surface area contributed by atoms with Crippen molar-refractivity contribution in [3.8, 4) is 0 Å². The highest BCUT2D eigenvalue weighted by Crippen LogP contribution is 2.38. The maximum Gasteiger partial charge on any atom is 0.394 e. The minimum absolute atomic E-state index is 0.231. The molecule has 2 saturated heterocycles. The molecule has 0 saturated carbocycles. The van der Waals surface area contributed by atoms with Gasteiger partial charge in [-0.25, -0.2) is 4.79 Å². The molecule has 2 rings (SSSR count). The highest BCUT2D eigenvalue weighted by molar-refractivity contribution is 6.31. The Hall–Kier alpha value is -1.10. The van der Waals surface area contributed by atoms with Crippen molar-refractivity contribution >= 4 is 11.9 Å². The lowest BCUT2D eigenvalue weighted by atomic mass is 9.89. The first-order valence-corrected chi connectivity index (χ1v) is 4.83. The maximum atomic E-state index is 10.8. The first-order chi connectivity index (χ1) is 6.66. The Labute approximate surface area is 81.4 Å². The number of ether oxygens (including phenoxy) is 1. The fourth-order valence-electron chi connectivity index (χ4n) is 2.26. The van der Waals surface area contributed by atoms with Crippen LogP contribution in [0.1, 0.15) is 19.3 Å². The molecule has 5 nitrogen and oxygen atoms in total. The Bertz CT molecular complexity index is 266. The van der Waals surface area contributed by atoms with Crippen molar-refractivity contribution in [3.63, 3.8) is 0 Å². The number of carboxylic acid groups (broad SMARTS) is 1. The average molecular weight is 199 g/mol. The van der Waals surface area contributed by atoms with Gasteiger partial charge in [0.05, 0.1) is 12.2 Å². The van der Waals surface area contributed by atoms with Crippen LogP contribution in [0.5, 0.6) is 0 Å². The van der Waals surface area contributed by atoms with E-state index in [4.69, 9.17) is 9.84 Å². The minimum Gasteiger partial charge on any atom is -0.474 e. The molecule has 3 atom stereocenters. The number of hydrogen-bond donors (Lipinski definition) is 2. The molecule has 2 fully saturated rings. The molecule has 0 spiro atoms. The van der Waals surface area contributed by atoms with Crippen molar-refractivity contribution in [2.75, 3.05) is 6.54 Å². The van der Waals surface area contributed by atoms with Crippen LogP contribution in [0, 0.1) is 5.92 Å². The molecule has 2 aliphatic rings. The number of aliphatic carboxylic acids is 1. The number of rotatable bonds is 2. The van der Waals surface area contributed by atoms with Gasteiger partial charge in [-0.1, -0.05) is 0 Å². The average Bonchev–Trinajstić information content (AvgIpc) is 2.74. The van der Waals surface area contributed by atoms with Crippen molar-refractivity contribution in [1.82, 2.24) is 5.32 Å². The van der Waals surface area contributed by atoms with Crippen LogP contribution in [0.15, 0.2) is 0 Å². The Morgan fingerprint density at radius 1 is 1.43 bits per heavy atom. The third-order valence-corrected chi connectivity index (χ3v) is 2.95. The van der Waals surface area contributed by atoms with Gasteiger partial charge in [0.1, 0.15) is 0 Å². The summed E-state index contributed by atoms with van der Waals surface area (Å²) in [5.41, 5.74) is 0. The van der Waals surface area contributed by atoms with E-state index in [0.717, 1.165) is 19.3 Å². The molecule has 0 radical (unpaired) electrons. The second-order valence-corrected chi connectivity index (χ2v) is 3.88. The molecule has 0 aromatic heterocycles.